The van der Waals surface area contributed by atoms with Crippen molar-refractivity contribution < 1.29 is 4.79 Å². The number of aromatic nitrogens is 5. The van der Waals surface area contributed by atoms with Crippen molar-refractivity contribution in [2.75, 3.05) is 0 Å². The summed E-state index contributed by atoms with van der Waals surface area (Å²) in [5.74, 6) is -0.0248. The molecule has 7 heteroatoms. The minimum Gasteiger partial charge on any atom is -0.349 e. The number of amides is 1. The Balaban J connectivity index is 1.66. The van der Waals surface area contributed by atoms with Gasteiger partial charge in [-0.15, -0.1) is 0 Å². The summed E-state index contributed by atoms with van der Waals surface area (Å²) < 4.78 is 3.44. The minimum atomic E-state index is -0.112. The number of rotatable bonds is 6. The quantitative estimate of drug-likeness (QED) is 0.752. The maximum Gasteiger partial charge on any atom is 0.222 e. The summed E-state index contributed by atoms with van der Waals surface area (Å²) in [6, 6.07) is 9.66. The Labute approximate surface area is 134 Å². The number of carbonyl (C=O) groups excluding carboxylic acids is 1. The number of para-hydroxylation sites is 1. The van der Waals surface area contributed by atoms with Crippen LogP contribution in [0.3, 0.4) is 0 Å². The summed E-state index contributed by atoms with van der Waals surface area (Å²) in [6.07, 6.45) is 7.04. The Bertz CT molecular complexity index is 751. The Morgan fingerprint density at radius 3 is 2.87 bits per heavy atom. The molecule has 0 fully saturated rings. The van der Waals surface area contributed by atoms with Gasteiger partial charge in [-0.25, -0.2) is 9.67 Å². The molecule has 0 aliphatic heterocycles. The van der Waals surface area contributed by atoms with E-state index < -0.39 is 0 Å². The van der Waals surface area contributed by atoms with Gasteiger partial charge < -0.3 is 5.32 Å². The van der Waals surface area contributed by atoms with Crippen molar-refractivity contribution >= 4 is 5.91 Å². The van der Waals surface area contributed by atoms with Gasteiger partial charge in [-0.1, -0.05) is 18.2 Å². The highest BCUT2D eigenvalue weighted by atomic mass is 16.1. The van der Waals surface area contributed by atoms with E-state index in [-0.39, 0.29) is 11.9 Å². The molecule has 7 nitrogen and oxygen atoms in total. The van der Waals surface area contributed by atoms with Crippen LogP contribution >= 0.6 is 0 Å². The second kappa shape index (κ2) is 6.87. The fourth-order valence-electron chi connectivity index (χ4n) is 2.43. The molecule has 1 amide bonds. The third-order valence-corrected chi connectivity index (χ3v) is 3.57. The number of hydrogen-bond acceptors (Lipinski definition) is 4. The topological polar surface area (TPSA) is 77.6 Å². The molecule has 118 valence electrons. The number of carbonyl (C=O) groups is 1. The van der Waals surface area contributed by atoms with E-state index in [2.05, 4.69) is 20.5 Å². The van der Waals surface area contributed by atoms with Crippen molar-refractivity contribution in [1.82, 2.24) is 29.9 Å². The molecule has 0 saturated heterocycles. The summed E-state index contributed by atoms with van der Waals surface area (Å²) >= 11 is 0. The summed E-state index contributed by atoms with van der Waals surface area (Å²) in [7, 11) is 0. The van der Waals surface area contributed by atoms with Gasteiger partial charge in [-0.05, 0) is 24.6 Å². The Morgan fingerprint density at radius 2 is 2.13 bits per heavy atom. The fraction of sp³-hybridized carbons (Fsp3) is 0.250. The highest BCUT2D eigenvalue weighted by Crippen LogP contribution is 2.20. The molecule has 3 rings (SSSR count). The van der Waals surface area contributed by atoms with Crippen molar-refractivity contribution in [3.63, 3.8) is 0 Å². The van der Waals surface area contributed by atoms with Crippen molar-refractivity contribution in [2.45, 2.75) is 25.9 Å². The Hall–Kier alpha value is -2.96. The van der Waals surface area contributed by atoms with Crippen LogP contribution in [0.1, 0.15) is 24.9 Å². The number of aryl methyl sites for hydroxylation is 1. The zero-order valence-electron chi connectivity index (χ0n) is 12.8. The first-order chi connectivity index (χ1) is 11.2. The van der Waals surface area contributed by atoms with Crippen LogP contribution in [-0.2, 0) is 11.3 Å². The molecule has 2 aromatic heterocycles. The molecule has 2 heterocycles. The first-order valence-corrected chi connectivity index (χ1v) is 7.45. The third kappa shape index (κ3) is 3.63. The predicted molar refractivity (Wildman–Crippen MR) is 84.8 cm³/mol. The molecule has 0 unspecified atom stereocenters. The van der Waals surface area contributed by atoms with Crippen LogP contribution in [0.25, 0.3) is 5.69 Å². The Morgan fingerprint density at radius 1 is 1.26 bits per heavy atom. The highest BCUT2D eigenvalue weighted by Gasteiger charge is 2.14. The number of nitrogens with zero attached hydrogens (tertiary/aromatic N) is 5. The van der Waals surface area contributed by atoms with Gasteiger partial charge in [0.05, 0.1) is 18.3 Å². The molecule has 0 spiro atoms. The molecular formula is C16H18N6O. The fourth-order valence-corrected chi connectivity index (χ4v) is 2.43. The summed E-state index contributed by atoms with van der Waals surface area (Å²) in [5, 5.41) is 11.3. The van der Waals surface area contributed by atoms with Crippen molar-refractivity contribution in [3.05, 3.63) is 60.9 Å². The lowest BCUT2D eigenvalue weighted by molar-refractivity contribution is -0.122. The monoisotopic (exact) mass is 310 g/mol. The minimum absolute atomic E-state index is 0.0248. The summed E-state index contributed by atoms with van der Waals surface area (Å²) in [4.78, 5) is 16.0. The SMILES string of the molecule is C[C@@H](NC(=O)CCn1cncn1)c1ccccc1-n1cccn1. The lowest BCUT2D eigenvalue weighted by Crippen LogP contribution is -2.28. The standard InChI is InChI=1S/C16H18N6O/c1-13(20-16(23)7-10-21-12-17-11-19-21)14-5-2-3-6-15(14)22-9-4-8-18-22/h2-6,8-9,11-13H,7,10H2,1H3,(H,20,23)/t13-/m1/s1. The van der Waals surface area contributed by atoms with Gasteiger partial charge in [-0.3, -0.25) is 9.48 Å². The number of nitrogens with one attached hydrogen (secondary N) is 1. The van der Waals surface area contributed by atoms with Crippen molar-refractivity contribution in [1.29, 1.82) is 0 Å². The van der Waals surface area contributed by atoms with E-state index >= 15 is 0 Å². The van der Waals surface area contributed by atoms with E-state index in [1.165, 1.54) is 6.33 Å². The molecule has 0 aliphatic carbocycles. The highest BCUT2D eigenvalue weighted by molar-refractivity contribution is 5.76. The second-order valence-corrected chi connectivity index (χ2v) is 5.21. The molecule has 1 atom stereocenters. The van der Waals surface area contributed by atoms with Gasteiger partial charge in [0.15, 0.2) is 0 Å². The third-order valence-electron chi connectivity index (χ3n) is 3.57. The number of benzene rings is 1. The van der Waals surface area contributed by atoms with Gasteiger partial charge in [0.25, 0.3) is 0 Å². The smallest absolute Gasteiger partial charge is 0.222 e. The first kappa shape index (κ1) is 15.0. The molecule has 3 aromatic rings. The lowest BCUT2D eigenvalue weighted by Gasteiger charge is -2.18. The second-order valence-electron chi connectivity index (χ2n) is 5.21. The molecule has 23 heavy (non-hydrogen) atoms. The predicted octanol–water partition coefficient (Wildman–Crippen LogP) is 1.73. The van der Waals surface area contributed by atoms with Crippen LogP contribution < -0.4 is 5.32 Å². The molecule has 0 radical (unpaired) electrons. The van der Waals surface area contributed by atoms with Crippen molar-refractivity contribution in [2.24, 2.45) is 0 Å². The summed E-state index contributed by atoms with van der Waals surface area (Å²) in [6.45, 7) is 2.48. The first-order valence-electron chi connectivity index (χ1n) is 7.45. The van der Waals surface area contributed by atoms with Gasteiger partial charge in [0.2, 0.25) is 5.91 Å². The molecular weight excluding hydrogens is 292 g/mol. The largest absolute Gasteiger partial charge is 0.349 e. The summed E-state index contributed by atoms with van der Waals surface area (Å²) in [5.41, 5.74) is 1.98. The van der Waals surface area contributed by atoms with Gasteiger partial charge in [0, 0.05) is 18.8 Å². The van der Waals surface area contributed by atoms with E-state index in [0.717, 1.165) is 11.3 Å². The maximum atomic E-state index is 12.1. The van der Waals surface area contributed by atoms with Crippen LogP contribution in [0.2, 0.25) is 0 Å². The average Bonchev–Trinajstić information content (AvgIpc) is 3.26. The molecule has 0 bridgehead atoms. The molecule has 1 aromatic carbocycles. The van der Waals surface area contributed by atoms with Crippen LogP contribution in [0.4, 0.5) is 0 Å². The normalized spacial score (nSPS) is 12.0. The van der Waals surface area contributed by atoms with Gasteiger partial charge in [0.1, 0.15) is 12.7 Å². The molecule has 0 saturated carbocycles. The van der Waals surface area contributed by atoms with Gasteiger partial charge >= 0.3 is 0 Å². The van der Waals surface area contributed by atoms with Crippen LogP contribution in [0.15, 0.2) is 55.4 Å². The number of hydrogen-bond donors (Lipinski definition) is 1. The maximum absolute atomic E-state index is 12.1. The van der Waals surface area contributed by atoms with Gasteiger partial charge in [-0.2, -0.15) is 10.2 Å². The van der Waals surface area contributed by atoms with E-state index in [1.807, 2.05) is 43.5 Å². The zero-order valence-corrected chi connectivity index (χ0v) is 12.8. The van der Waals surface area contributed by atoms with Crippen LogP contribution in [-0.4, -0.2) is 30.5 Å². The van der Waals surface area contributed by atoms with Crippen LogP contribution in [0, 0.1) is 0 Å². The van der Waals surface area contributed by atoms with Crippen molar-refractivity contribution in [3.8, 4) is 5.69 Å². The van der Waals surface area contributed by atoms with E-state index in [1.54, 1.807) is 21.9 Å². The lowest BCUT2D eigenvalue weighted by atomic mass is 10.1. The molecule has 1 N–H and O–H groups in total. The zero-order chi connectivity index (χ0) is 16.1. The van der Waals surface area contributed by atoms with E-state index in [4.69, 9.17) is 0 Å². The van der Waals surface area contributed by atoms with Crippen LogP contribution in [0.5, 0.6) is 0 Å². The average molecular weight is 310 g/mol. The van der Waals surface area contributed by atoms with E-state index in [0.29, 0.717) is 13.0 Å². The molecule has 0 aliphatic rings. The Kier molecular flexibility index (Phi) is 4.46. The van der Waals surface area contributed by atoms with E-state index in [9.17, 15) is 4.79 Å².